The molecule has 0 aromatic heterocycles. The standard InChI is InChI=1S/C21H38/c1-2-5-10-18(11-6-3-1)20-14-9-15-21(17-16-20)19-12-7-4-8-13-19/h18-21H,1-17H2. The Balaban J connectivity index is 1.49. The molecule has 0 aliphatic heterocycles. The van der Waals surface area contributed by atoms with Crippen LogP contribution in [-0.2, 0) is 0 Å². The Morgan fingerprint density at radius 1 is 0.238 bits per heavy atom. The Bertz CT molecular complexity index is 268. The third-order valence-corrected chi connectivity index (χ3v) is 7.19. The summed E-state index contributed by atoms with van der Waals surface area (Å²) in [6, 6.07) is 0. The first-order valence-electron chi connectivity index (χ1n) is 10.4. The van der Waals surface area contributed by atoms with Crippen LogP contribution in [0.25, 0.3) is 0 Å². The SMILES string of the molecule is C1CCCC(C2CCCC(C3CCCCC3)CC2)CCC1. The van der Waals surface area contributed by atoms with Crippen LogP contribution in [0, 0.1) is 23.7 Å². The summed E-state index contributed by atoms with van der Waals surface area (Å²) in [6.07, 6.45) is 26.4. The highest BCUT2D eigenvalue weighted by molar-refractivity contribution is 4.81. The van der Waals surface area contributed by atoms with Crippen molar-refractivity contribution in [1.82, 2.24) is 0 Å². The second kappa shape index (κ2) is 8.59. The first-order valence-corrected chi connectivity index (χ1v) is 10.4. The smallest absolute Gasteiger partial charge is 0.0386 e. The lowest BCUT2D eigenvalue weighted by Crippen LogP contribution is -2.18. The van der Waals surface area contributed by atoms with E-state index in [0.717, 1.165) is 23.7 Å². The molecule has 0 spiro atoms. The van der Waals surface area contributed by atoms with Gasteiger partial charge in [0.05, 0.1) is 0 Å². The monoisotopic (exact) mass is 290 g/mol. The number of hydrogen-bond acceptors (Lipinski definition) is 0. The molecule has 0 saturated heterocycles. The summed E-state index contributed by atoms with van der Waals surface area (Å²) in [5, 5.41) is 0. The minimum atomic E-state index is 1.11. The van der Waals surface area contributed by atoms with E-state index in [1.54, 1.807) is 57.8 Å². The fourth-order valence-electron chi connectivity index (χ4n) is 5.87. The van der Waals surface area contributed by atoms with Crippen molar-refractivity contribution < 1.29 is 0 Å². The fraction of sp³-hybridized carbons (Fsp3) is 1.00. The van der Waals surface area contributed by atoms with Crippen LogP contribution in [0.2, 0.25) is 0 Å². The molecule has 3 aliphatic rings. The quantitative estimate of drug-likeness (QED) is 0.475. The van der Waals surface area contributed by atoms with Gasteiger partial charge in [-0.1, -0.05) is 96.3 Å². The molecule has 21 heavy (non-hydrogen) atoms. The third-order valence-electron chi connectivity index (χ3n) is 7.19. The molecule has 0 heteroatoms. The Kier molecular flexibility index (Phi) is 6.49. The largest absolute Gasteiger partial charge is 0.0533 e. The van der Waals surface area contributed by atoms with Gasteiger partial charge in [-0.15, -0.1) is 0 Å². The molecule has 0 N–H and O–H groups in total. The Morgan fingerprint density at radius 3 is 1.00 bits per heavy atom. The average Bonchev–Trinajstić information content (AvgIpc) is 2.74. The number of hydrogen-bond donors (Lipinski definition) is 0. The lowest BCUT2D eigenvalue weighted by molar-refractivity contribution is 0.212. The van der Waals surface area contributed by atoms with E-state index in [1.807, 2.05) is 0 Å². The van der Waals surface area contributed by atoms with Gasteiger partial charge in [0.2, 0.25) is 0 Å². The molecule has 0 aromatic rings. The molecule has 0 bridgehead atoms. The topological polar surface area (TPSA) is 0 Å². The summed E-state index contributed by atoms with van der Waals surface area (Å²) >= 11 is 0. The molecule has 2 unspecified atom stereocenters. The summed E-state index contributed by atoms with van der Waals surface area (Å²) in [7, 11) is 0. The van der Waals surface area contributed by atoms with Crippen LogP contribution in [0.4, 0.5) is 0 Å². The van der Waals surface area contributed by atoms with Crippen molar-refractivity contribution >= 4 is 0 Å². The van der Waals surface area contributed by atoms with E-state index in [0.29, 0.717) is 0 Å². The van der Waals surface area contributed by atoms with Crippen LogP contribution in [0.5, 0.6) is 0 Å². The lowest BCUT2D eigenvalue weighted by Gasteiger charge is -2.30. The fourth-order valence-corrected chi connectivity index (χ4v) is 5.87. The highest BCUT2D eigenvalue weighted by Gasteiger charge is 2.29. The van der Waals surface area contributed by atoms with Crippen molar-refractivity contribution in [3.05, 3.63) is 0 Å². The van der Waals surface area contributed by atoms with Crippen LogP contribution >= 0.6 is 0 Å². The van der Waals surface area contributed by atoms with E-state index in [2.05, 4.69) is 0 Å². The second-order valence-corrected chi connectivity index (χ2v) is 8.53. The van der Waals surface area contributed by atoms with Gasteiger partial charge in [0.15, 0.2) is 0 Å². The molecule has 0 aromatic carbocycles. The van der Waals surface area contributed by atoms with Crippen molar-refractivity contribution in [2.45, 2.75) is 109 Å². The van der Waals surface area contributed by atoms with Crippen molar-refractivity contribution in [3.63, 3.8) is 0 Å². The van der Waals surface area contributed by atoms with Crippen LogP contribution < -0.4 is 0 Å². The zero-order valence-corrected chi connectivity index (χ0v) is 14.3. The molecule has 0 nitrogen and oxygen atoms in total. The van der Waals surface area contributed by atoms with Gasteiger partial charge in [-0.2, -0.15) is 0 Å². The molecular formula is C21H38. The molecule has 122 valence electrons. The molecule has 3 aliphatic carbocycles. The third kappa shape index (κ3) is 4.73. The van der Waals surface area contributed by atoms with Gasteiger partial charge >= 0.3 is 0 Å². The summed E-state index contributed by atoms with van der Waals surface area (Å²) in [5.41, 5.74) is 0. The molecular weight excluding hydrogens is 252 g/mol. The van der Waals surface area contributed by atoms with E-state index in [4.69, 9.17) is 0 Å². The van der Waals surface area contributed by atoms with Crippen molar-refractivity contribution in [1.29, 1.82) is 0 Å². The summed E-state index contributed by atoms with van der Waals surface area (Å²) in [6.45, 7) is 0. The molecule has 2 atom stereocenters. The normalized spacial score (nSPS) is 34.9. The highest BCUT2D eigenvalue weighted by Crippen LogP contribution is 2.42. The first kappa shape index (κ1) is 15.9. The molecule has 0 radical (unpaired) electrons. The van der Waals surface area contributed by atoms with Crippen molar-refractivity contribution in [2.24, 2.45) is 23.7 Å². The Hall–Kier alpha value is 0. The van der Waals surface area contributed by atoms with Crippen LogP contribution in [0.3, 0.4) is 0 Å². The van der Waals surface area contributed by atoms with Gasteiger partial charge in [-0.05, 0) is 36.5 Å². The molecule has 3 rings (SSSR count). The zero-order valence-electron chi connectivity index (χ0n) is 14.3. The lowest BCUT2D eigenvalue weighted by atomic mass is 9.75. The van der Waals surface area contributed by atoms with Gasteiger partial charge in [-0.3, -0.25) is 0 Å². The van der Waals surface area contributed by atoms with E-state index < -0.39 is 0 Å². The Labute approximate surface area is 133 Å². The zero-order chi connectivity index (χ0) is 14.3. The predicted molar refractivity (Wildman–Crippen MR) is 92.4 cm³/mol. The Morgan fingerprint density at radius 2 is 0.524 bits per heavy atom. The molecule has 0 heterocycles. The maximum absolute atomic E-state index is 1.59. The minimum Gasteiger partial charge on any atom is -0.0533 e. The summed E-state index contributed by atoms with van der Waals surface area (Å²) in [4.78, 5) is 0. The maximum Gasteiger partial charge on any atom is -0.0386 e. The van der Waals surface area contributed by atoms with Gasteiger partial charge in [0, 0.05) is 0 Å². The summed E-state index contributed by atoms with van der Waals surface area (Å²) < 4.78 is 0. The van der Waals surface area contributed by atoms with Crippen LogP contribution in [-0.4, -0.2) is 0 Å². The molecule has 3 saturated carbocycles. The minimum absolute atomic E-state index is 1.11. The van der Waals surface area contributed by atoms with E-state index in [1.165, 1.54) is 51.4 Å². The van der Waals surface area contributed by atoms with Crippen LogP contribution in [0.15, 0.2) is 0 Å². The average molecular weight is 291 g/mol. The van der Waals surface area contributed by atoms with Crippen molar-refractivity contribution in [2.75, 3.05) is 0 Å². The maximum atomic E-state index is 1.59. The first-order chi connectivity index (χ1) is 10.4. The molecule has 3 fully saturated rings. The van der Waals surface area contributed by atoms with Gasteiger partial charge in [0.25, 0.3) is 0 Å². The second-order valence-electron chi connectivity index (χ2n) is 8.53. The highest BCUT2D eigenvalue weighted by atomic mass is 14.3. The number of rotatable bonds is 2. The summed E-state index contributed by atoms with van der Waals surface area (Å²) in [5.74, 6) is 4.45. The molecule has 0 amide bonds. The van der Waals surface area contributed by atoms with E-state index in [9.17, 15) is 0 Å². The van der Waals surface area contributed by atoms with E-state index >= 15 is 0 Å². The van der Waals surface area contributed by atoms with Crippen molar-refractivity contribution in [3.8, 4) is 0 Å². The van der Waals surface area contributed by atoms with Gasteiger partial charge in [-0.25, -0.2) is 0 Å². The van der Waals surface area contributed by atoms with Crippen LogP contribution in [0.1, 0.15) is 109 Å². The predicted octanol–water partition coefficient (Wildman–Crippen LogP) is 7.12. The van der Waals surface area contributed by atoms with Gasteiger partial charge < -0.3 is 0 Å². The van der Waals surface area contributed by atoms with Gasteiger partial charge in [0.1, 0.15) is 0 Å². The van der Waals surface area contributed by atoms with E-state index in [-0.39, 0.29) is 0 Å².